The highest BCUT2D eigenvalue weighted by atomic mass is 16.5. The molecule has 3 nitrogen and oxygen atoms in total. The van der Waals surface area contributed by atoms with E-state index in [-0.39, 0.29) is 29.7 Å². The van der Waals surface area contributed by atoms with Crippen LogP contribution in [0.5, 0.6) is 0 Å². The predicted molar refractivity (Wildman–Crippen MR) is 57.3 cm³/mol. The Labute approximate surface area is 90.5 Å². The lowest BCUT2D eigenvalue weighted by Gasteiger charge is -2.26. The second-order valence-corrected chi connectivity index (χ2v) is 4.50. The van der Waals surface area contributed by atoms with Crippen molar-refractivity contribution in [2.75, 3.05) is 0 Å². The van der Waals surface area contributed by atoms with Crippen LogP contribution in [0.15, 0.2) is 11.6 Å². The molecule has 1 rings (SSSR count). The van der Waals surface area contributed by atoms with Crippen molar-refractivity contribution in [1.82, 2.24) is 0 Å². The van der Waals surface area contributed by atoms with Gasteiger partial charge < -0.3 is 4.74 Å². The Morgan fingerprint density at radius 1 is 1.53 bits per heavy atom. The fourth-order valence-corrected chi connectivity index (χ4v) is 2.01. The number of ether oxygens (including phenoxy) is 1. The van der Waals surface area contributed by atoms with Gasteiger partial charge in [-0.3, -0.25) is 9.59 Å². The Bertz CT molecular complexity index is 302. The molecule has 0 amide bonds. The zero-order valence-electron chi connectivity index (χ0n) is 9.74. The van der Waals surface area contributed by atoms with Gasteiger partial charge in [0.1, 0.15) is 0 Å². The first kappa shape index (κ1) is 12.0. The summed E-state index contributed by atoms with van der Waals surface area (Å²) in [5.74, 6) is -0.300. The second kappa shape index (κ2) is 4.60. The number of ketones is 1. The third-order valence-electron chi connectivity index (χ3n) is 2.58. The molecule has 0 unspecified atom stereocenters. The standard InChI is InChI=1S/C12H18O3/c1-7(2)15-12(14)11-8(3)5-10(13)6-9(11)4/h5,7,9,11H,6H2,1-4H3/t9-,11+/m0/s1. The summed E-state index contributed by atoms with van der Waals surface area (Å²) >= 11 is 0. The van der Waals surface area contributed by atoms with Gasteiger partial charge in [-0.2, -0.15) is 0 Å². The lowest BCUT2D eigenvalue weighted by Crippen LogP contribution is -2.31. The number of carbonyl (C=O) groups excluding carboxylic acids is 2. The fourth-order valence-electron chi connectivity index (χ4n) is 2.01. The fraction of sp³-hybridized carbons (Fsp3) is 0.667. The molecule has 2 atom stereocenters. The molecule has 0 fully saturated rings. The van der Waals surface area contributed by atoms with Gasteiger partial charge >= 0.3 is 5.97 Å². The van der Waals surface area contributed by atoms with Gasteiger partial charge in [0, 0.05) is 6.42 Å². The van der Waals surface area contributed by atoms with Crippen molar-refractivity contribution >= 4 is 11.8 Å². The molecule has 0 aliphatic heterocycles. The summed E-state index contributed by atoms with van der Waals surface area (Å²) in [6, 6.07) is 0. The molecule has 1 aliphatic carbocycles. The first-order valence-electron chi connectivity index (χ1n) is 5.33. The lowest BCUT2D eigenvalue weighted by atomic mass is 9.79. The summed E-state index contributed by atoms with van der Waals surface area (Å²) in [5, 5.41) is 0. The second-order valence-electron chi connectivity index (χ2n) is 4.50. The molecule has 0 aromatic carbocycles. The van der Waals surface area contributed by atoms with Gasteiger partial charge in [0.05, 0.1) is 12.0 Å². The predicted octanol–water partition coefficient (Wildman–Crippen LogP) is 2.11. The first-order chi connectivity index (χ1) is 6.91. The molecule has 0 saturated carbocycles. The molecule has 0 saturated heterocycles. The van der Waals surface area contributed by atoms with E-state index in [1.165, 1.54) is 0 Å². The Kier molecular flexibility index (Phi) is 3.66. The minimum absolute atomic E-state index is 0.0498. The van der Waals surface area contributed by atoms with E-state index in [1.807, 2.05) is 27.7 Å². The summed E-state index contributed by atoms with van der Waals surface area (Å²) in [6.45, 7) is 7.39. The van der Waals surface area contributed by atoms with Gasteiger partial charge in [-0.15, -0.1) is 0 Å². The van der Waals surface area contributed by atoms with Crippen molar-refractivity contribution in [2.24, 2.45) is 11.8 Å². The number of rotatable bonds is 2. The number of allylic oxidation sites excluding steroid dienone is 1. The summed E-state index contributed by atoms with van der Waals surface area (Å²) in [7, 11) is 0. The molecular formula is C12H18O3. The summed E-state index contributed by atoms with van der Waals surface area (Å²) < 4.78 is 5.17. The SMILES string of the molecule is CC1=CC(=O)C[C@H](C)[C@@H]1C(=O)OC(C)C. The van der Waals surface area contributed by atoms with E-state index in [1.54, 1.807) is 6.08 Å². The van der Waals surface area contributed by atoms with Crippen LogP contribution in [0.2, 0.25) is 0 Å². The highest BCUT2D eigenvalue weighted by molar-refractivity contribution is 5.94. The molecule has 0 N–H and O–H groups in total. The van der Waals surface area contributed by atoms with Crippen molar-refractivity contribution in [3.63, 3.8) is 0 Å². The molecule has 0 heterocycles. The van der Waals surface area contributed by atoms with E-state index in [0.717, 1.165) is 5.57 Å². The van der Waals surface area contributed by atoms with E-state index in [9.17, 15) is 9.59 Å². The monoisotopic (exact) mass is 210 g/mol. The van der Waals surface area contributed by atoms with Crippen molar-refractivity contribution in [3.05, 3.63) is 11.6 Å². The Morgan fingerprint density at radius 2 is 2.13 bits per heavy atom. The zero-order valence-corrected chi connectivity index (χ0v) is 9.74. The first-order valence-corrected chi connectivity index (χ1v) is 5.33. The third kappa shape index (κ3) is 2.91. The van der Waals surface area contributed by atoms with Crippen LogP contribution in [0.1, 0.15) is 34.1 Å². The molecule has 0 spiro atoms. The van der Waals surface area contributed by atoms with Gasteiger partial charge in [-0.1, -0.05) is 12.5 Å². The number of carbonyl (C=O) groups is 2. The Hall–Kier alpha value is -1.12. The van der Waals surface area contributed by atoms with Crippen LogP contribution in [0.25, 0.3) is 0 Å². The van der Waals surface area contributed by atoms with Crippen LogP contribution >= 0.6 is 0 Å². The highest BCUT2D eigenvalue weighted by Gasteiger charge is 2.33. The van der Waals surface area contributed by atoms with Gasteiger partial charge in [0.25, 0.3) is 0 Å². The van der Waals surface area contributed by atoms with Crippen molar-refractivity contribution < 1.29 is 14.3 Å². The number of hydrogen-bond donors (Lipinski definition) is 0. The topological polar surface area (TPSA) is 43.4 Å². The van der Waals surface area contributed by atoms with Gasteiger partial charge in [-0.05, 0) is 32.8 Å². The highest BCUT2D eigenvalue weighted by Crippen LogP contribution is 2.29. The maximum atomic E-state index is 11.8. The normalized spacial score (nSPS) is 26.5. The molecule has 0 aromatic heterocycles. The maximum absolute atomic E-state index is 11.8. The van der Waals surface area contributed by atoms with Crippen molar-refractivity contribution in [1.29, 1.82) is 0 Å². The van der Waals surface area contributed by atoms with E-state index < -0.39 is 0 Å². The summed E-state index contributed by atoms with van der Waals surface area (Å²) in [4.78, 5) is 23.0. The summed E-state index contributed by atoms with van der Waals surface area (Å²) in [6.07, 6.45) is 1.90. The van der Waals surface area contributed by atoms with Crippen LogP contribution in [0, 0.1) is 11.8 Å². The summed E-state index contributed by atoms with van der Waals surface area (Å²) in [5.41, 5.74) is 0.824. The average molecular weight is 210 g/mol. The van der Waals surface area contributed by atoms with Gasteiger partial charge in [-0.25, -0.2) is 0 Å². The molecule has 1 aliphatic rings. The smallest absolute Gasteiger partial charge is 0.313 e. The minimum Gasteiger partial charge on any atom is -0.463 e. The molecule has 0 aromatic rings. The largest absolute Gasteiger partial charge is 0.463 e. The molecule has 0 radical (unpaired) electrons. The van der Waals surface area contributed by atoms with Crippen molar-refractivity contribution in [3.8, 4) is 0 Å². The lowest BCUT2D eigenvalue weighted by molar-refractivity contribution is -0.152. The Morgan fingerprint density at radius 3 is 2.60 bits per heavy atom. The van der Waals surface area contributed by atoms with Crippen LogP contribution < -0.4 is 0 Å². The van der Waals surface area contributed by atoms with E-state index in [2.05, 4.69) is 0 Å². The molecule has 84 valence electrons. The zero-order chi connectivity index (χ0) is 11.6. The third-order valence-corrected chi connectivity index (χ3v) is 2.58. The minimum atomic E-state index is -0.245. The molecular weight excluding hydrogens is 192 g/mol. The van der Waals surface area contributed by atoms with Gasteiger partial charge in [0.2, 0.25) is 0 Å². The molecule has 0 bridgehead atoms. The number of hydrogen-bond acceptors (Lipinski definition) is 3. The van der Waals surface area contributed by atoms with Crippen molar-refractivity contribution in [2.45, 2.75) is 40.2 Å². The average Bonchev–Trinajstić information content (AvgIpc) is 1.99. The quantitative estimate of drug-likeness (QED) is 0.655. The maximum Gasteiger partial charge on any atom is 0.313 e. The van der Waals surface area contributed by atoms with Crippen LogP contribution in [-0.2, 0) is 14.3 Å². The molecule has 3 heteroatoms. The van der Waals surface area contributed by atoms with E-state index >= 15 is 0 Å². The van der Waals surface area contributed by atoms with E-state index in [0.29, 0.717) is 6.42 Å². The van der Waals surface area contributed by atoms with Crippen LogP contribution in [-0.4, -0.2) is 17.9 Å². The van der Waals surface area contributed by atoms with E-state index in [4.69, 9.17) is 4.74 Å². The Balaban J connectivity index is 2.80. The van der Waals surface area contributed by atoms with Gasteiger partial charge in [0.15, 0.2) is 5.78 Å². The molecule has 15 heavy (non-hydrogen) atoms. The van der Waals surface area contributed by atoms with Crippen LogP contribution in [0.4, 0.5) is 0 Å². The number of esters is 1. The van der Waals surface area contributed by atoms with Crippen LogP contribution in [0.3, 0.4) is 0 Å².